The lowest BCUT2D eigenvalue weighted by atomic mass is 9.46. The van der Waals surface area contributed by atoms with Crippen LogP contribution in [0, 0.1) is 28.6 Å². The number of carbonyl (C=O) groups is 3. The van der Waals surface area contributed by atoms with Crippen molar-refractivity contribution in [2.24, 2.45) is 28.6 Å². The standard InChI is InChI=1S/C24H31ClO7/c1-4-30-21(29)32-24(20(28)31-13-25)10-8-17-16-6-5-14-11-15(26)7-9-22(14,2)19(16)18(27)12-23(17,24)3/h7,9,11,16-19,27H,4-6,8,10,12-13H2,1-3H3/t16-,17-,18?,19-,22-,23-,24+/m0/s1. The van der Waals surface area contributed by atoms with Gasteiger partial charge >= 0.3 is 12.1 Å². The van der Waals surface area contributed by atoms with Crippen LogP contribution in [0.15, 0.2) is 23.8 Å². The highest BCUT2D eigenvalue weighted by molar-refractivity contribution is 6.17. The second-order valence-electron chi connectivity index (χ2n) is 9.90. The molecule has 3 fully saturated rings. The molecule has 8 heteroatoms. The molecule has 32 heavy (non-hydrogen) atoms. The summed E-state index contributed by atoms with van der Waals surface area (Å²) < 4.78 is 15.9. The van der Waals surface area contributed by atoms with E-state index < -0.39 is 34.7 Å². The van der Waals surface area contributed by atoms with Gasteiger partial charge in [-0.15, -0.1) is 0 Å². The summed E-state index contributed by atoms with van der Waals surface area (Å²) in [7, 11) is 0. The highest BCUT2D eigenvalue weighted by atomic mass is 35.5. The lowest BCUT2D eigenvalue weighted by molar-refractivity contribution is -0.199. The maximum Gasteiger partial charge on any atom is 0.509 e. The van der Waals surface area contributed by atoms with Crippen molar-refractivity contribution < 1.29 is 33.7 Å². The van der Waals surface area contributed by atoms with E-state index in [9.17, 15) is 19.5 Å². The first-order valence-corrected chi connectivity index (χ1v) is 11.9. The molecule has 3 saturated carbocycles. The minimum absolute atomic E-state index is 0.0161. The lowest BCUT2D eigenvalue weighted by Gasteiger charge is -2.59. The Morgan fingerprint density at radius 3 is 2.69 bits per heavy atom. The van der Waals surface area contributed by atoms with Gasteiger partial charge in [0.1, 0.15) is 0 Å². The Kier molecular flexibility index (Phi) is 5.95. The number of aliphatic hydroxyl groups is 1. The molecule has 1 unspecified atom stereocenters. The number of hydrogen-bond acceptors (Lipinski definition) is 7. The summed E-state index contributed by atoms with van der Waals surface area (Å²) in [6.07, 6.45) is 6.31. The number of carbonyl (C=O) groups excluding carboxylic acids is 3. The quantitative estimate of drug-likeness (QED) is 0.495. The number of ether oxygens (including phenoxy) is 3. The van der Waals surface area contributed by atoms with Crippen LogP contribution in [0.5, 0.6) is 0 Å². The third kappa shape index (κ3) is 3.23. The zero-order valence-electron chi connectivity index (χ0n) is 18.8. The number of aliphatic hydroxyl groups excluding tert-OH is 1. The molecule has 0 saturated heterocycles. The van der Waals surface area contributed by atoms with Crippen LogP contribution in [0.1, 0.15) is 52.9 Å². The number of fused-ring (bicyclic) bond motifs is 5. The summed E-state index contributed by atoms with van der Waals surface area (Å²) in [5, 5.41) is 11.5. The largest absolute Gasteiger partial charge is 0.509 e. The Hall–Kier alpha value is -1.86. The summed E-state index contributed by atoms with van der Waals surface area (Å²) in [5.41, 5.74) is -1.76. The fourth-order valence-corrected chi connectivity index (χ4v) is 7.41. The molecule has 176 valence electrons. The summed E-state index contributed by atoms with van der Waals surface area (Å²) >= 11 is 5.70. The first-order chi connectivity index (χ1) is 15.1. The van der Waals surface area contributed by atoms with Crippen molar-refractivity contribution >= 4 is 29.5 Å². The molecule has 7 nitrogen and oxygen atoms in total. The summed E-state index contributed by atoms with van der Waals surface area (Å²) in [5.74, 6) is -0.676. The minimum Gasteiger partial charge on any atom is -0.446 e. The van der Waals surface area contributed by atoms with Crippen LogP contribution in [-0.4, -0.2) is 47.4 Å². The monoisotopic (exact) mass is 466 g/mol. The van der Waals surface area contributed by atoms with Crippen LogP contribution in [0.3, 0.4) is 0 Å². The van der Waals surface area contributed by atoms with Gasteiger partial charge in [-0.3, -0.25) is 4.79 Å². The Morgan fingerprint density at radius 2 is 2.00 bits per heavy atom. The van der Waals surface area contributed by atoms with Crippen LogP contribution in [-0.2, 0) is 23.8 Å². The molecule has 0 aromatic carbocycles. The van der Waals surface area contributed by atoms with Gasteiger partial charge in [0.15, 0.2) is 11.8 Å². The fourth-order valence-electron chi connectivity index (χ4n) is 7.31. The predicted octanol–water partition coefficient (Wildman–Crippen LogP) is 3.92. The second kappa shape index (κ2) is 8.17. The van der Waals surface area contributed by atoms with Crippen molar-refractivity contribution in [1.82, 2.24) is 0 Å². The molecule has 4 aliphatic rings. The van der Waals surface area contributed by atoms with Gasteiger partial charge in [-0.05, 0) is 63.0 Å². The summed E-state index contributed by atoms with van der Waals surface area (Å²) in [6, 6.07) is -0.354. The van der Waals surface area contributed by atoms with Gasteiger partial charge in [0.2, 0.25) is 5.60 Å². The predicted molar refractivity (Wildman–Crippen MR) is 116 cm³/mol. The first-order valence-electron chi connectivity index (χ1n) is 11.3. The maximum atomic E-state index is 13.2. The van der Waals surface area contributed by atoms with Gasteiger partial charge < -0.3 is 19.3 Å². The highest BCUT2D eigenvalue weighted by Crippen LogP contribution is 2.68. The zero-order valence-corrected chi connectivity index (χ0v) is 19.5. The number of esters is 1. The molecule has 0 heterocycles. The lowest BCUT2D eigenvalue weighted by Crippen LogP contribution is -2.62. The summed E-state index contributed by atoms with van der Waals surface area (Å²) in [6.45, 7) is 5.77. The molecule has 4 rings (SSSR count). The average Bonchev–Trinajstić information content (AvgIpc) is 3.01. The van der Waals surface area contributed by atoms with Crippen molar-refractivity contribution in [3.05, 3.63) is 23.8 Å². The number of rotatable bonds is 4. The van der Waals surface area contributed by atoms with Crippen LogP contribution in [0.25, 0.3) is 0 Å². The Morgan fingerprint density at radius 1 is 1.25 bits per heavy atom. The van der Waals surface area contributed by atoms with Crippen LogP contribution < -0.4 is 0 Å². The van der Waals surface area contributed by atoms with Crippen molar-refractivity contribution in [3.8, 4) is 0 Å². The van der Waals surface area contributed by atoms with E-state index in [4.69, 9.17) is 25.8 Å². The Balaban J connectivity index is 1.73. The molecule has 0 amide bonds. The van der Waals surface area contributed by atoms with E-state index in [1.165, 1.54) is 0 Å². The van der Waals surface area contributed by atoms with Gasteiger partial charge in [-0.1, -0.05) is 37.1 Å². The number of allylic oxidation sites excluding steroid dienone is 4. The number of ketones is 1. The fraction of sp³-hybridized carbons (Fsp3) is 0.708. The van der Waals surface area contributed by atoms with Crippen molar-refractivity contribution in [2.45, 2.75) is 64.6 Å². The molecule has 1 N–H and O–H groups in total. The van der Waals surface area contributed by atoms with Crippen LogP contribution in [0.4, 0.5) is 4.79 Å². The van der Waals surface area contributed by atoms with E-state index >= 15 is 0 Å². The molecule has 7 atom stereocenters. The van der Waals surface area contributed by atoms with Crippen LogP contribution >= 0.6 is 11.6 Å². The van der Waals surface area contributed by atoms with Gasteiger partial charge in [-0.25, -0.2) is 9.59 Å². The topological polar surface area (TPSA) is 99.1 Å². The molecule has 0 aliphatic heterocycles. The Bertz CT molecular complexity index is 882. The van der Waals surface area contributed by atoms with Crippen molar-refractivity contribution in [3.63, 3.8) is 0 Å². The number of alkyl halides is 1. The highest BCUT2D eigenvalue weighted by Gasteiger charge is 2.71. The van der Waals surface area contributed by atoms with Gasteiger partial charge in [0.05, 0.1) is 12.7 Å². The smallest absolute Gasteiger partial charge is 0.446 e. The molecule has 0 aromatic heterocycles. The van der Waals surface area contributed by atoms with E-state index in [1.807, 2.05) is 13.0 Å². The Labute approximate surface area is 193 Å². The molecule has 0 spiro atoms. The zero-order chi connectivity index (χ0) is 23.3. The SMILES string of the molecule is CCOC(=O)O[C@@]1(C(=O)OCCl)CC[C@H]2[C@@H]3CCC4=CC(=O)C=C[C@]4(C)[C@@H]3C(O)C[C@@]21C. The first kappa shape index (κ1) is 23.3. The number of halogens is 1. The van der Waals surface area contributed by atoms with Gasteiger partial charge in [0, 0.05) is 16.7 Å². The van der Waals surface area contributed by atoms with Crippen LogP contribution in [0.2, 0.25) is 0 Å². The minimum atomic E-state index is -1.57. The molecular weight excluding hydrogens is 436 g/mol. The van der Waals surface area contributed by atoms with E-state index in [0.717, 1.165) is 18.4 Å². The molecule has 0 bridgehead atoms. The van der Waals surface area contributed by atoms with Gasteiger partial charge in [-0.2, -0.15) is 0 Å². The third-order valence-corrected chi connectivity index (χ3v) is 8.76. The van der Waals surface area contributed by atoms with Crippen molar-refractivity contribution in [2.75, 3.05) is 12.7 Å². The molecular formula is C24H31ClO7. The molecule has 4 aliphatic carbocycles. The van der Waals surface area contributed by atoms with E-state index in [-0.39, 0.29) is 49.1 Å². The third-order valence-electron chi connectivity index (χ3n) is 8.65. The van der Waals surface area contributed by atoms with E-state index in [2.05, 4.69) is 6.92 Å². The van der Waals surface area contributed by atoms with Crippen molar-refractivity contribution in [1.29, 1.82) is 0 Å². The number of hydrogen-bond donors (Lipinski definition) is 1. The normalized spacial score (nSPS) is 42.3. The molecule has 0 radical (unpaired) electrons. The average molecular weight is 467 g/mol. The summed E-state index contributed by atoms with van der Waals surface area (Å²) in [4.78, 5) is 37.5. The maximum absolute atomic E-state index is 13.2. The van der Waals surface area contributed by atoms with E-state index in [1.54, 1.807) is 19.1 Å². The molecule has 0 aromatic rings. The second-order valence-corrected chi connectivity index (χ2v) is 10.1. The van der Waals surface area contributed by atoms with E-state index in [0.29, 0.717) is 6.42 Å². The van der Waals surface area contributed by atoms with Gasteiger partial charge in [0.25, 0.3) is 0 Å².